The van der Waals surface area contributed by atoms with Gasteiger partial charge in [0.25, 0.3) is 11.5 Å². The molecular weight excluding hydrogens is 414 g/mol. The molecule has 1 unspecified atom stereocenters. The number of para-hydroxylation sites is 1. The summed E-state index contributed by atoms with van der Waals surface area (Å²) in [6.45, 7) is 4.00. The molecule has 0 saturated carbocycles. The Kier molecular flexibility index (Phi) is 5.72. The molecule has 1 amide bonds. The number of ether oxygens (including phenoxy) is 3. The van der Waals surface area contributed by atoms with Crippen LogP contribution < -0.4 is 20.3 Å². The average Bonchev–Trinajstić information content (AvgIpc) is 3.02. The Morgan fingerprint density at radius 2 is 1.75 bits per heavy atom. The topological polar surface area (TPSA) is 101 Å². The minimum Gasteiger partial charge on any atom is -0.486 e. The fourth-order valence-corrected chi connectivity index (χ4v) is 3.39. The van der Waals surface area contributed by atoms with Gasteiger partial charge in [-0.2, -0.15) is 0 Å². The van der Waals surface area contributed by atoms with E-state index >= 15 is 0 Å². The van der Waals surface area contributed by atoms with E-state index in [4.69, 9.17) is 14.2 Å². The summed E-state index contributed by atoms with van der Waals surface area (Å²) in [6, 6.07) is 13.8. The van der Waals surface area contributed by atoms with E-state index in [-0.39, 0.29) is 16.8 Å². The van der Waals surface area contributed by atoms with Gasteiger partial charge in [0.1, 0.15) is 18.9 Å². The van der Waals surface area contributed by atoms with Crippen LogP contribution in [0.25, 0.3) is 5.69 Å². The third kappa shape index (κ3) is 3.96. The number of nitrogens with one attached hydrogen (secondary N) is 1. The minimum atomic E-state index is -1.13. The molecular formula is C23H23N3O6. The first-order chi connectivity index (χ1) is 15.4. The molecule has 166 valence electrons. The number of carbonyl (C=O) groups is 2. The molecule has 0 spiro atoms. The van der Waals surface area contributed by atoms with Crippen molar-refractivity contribution in [3.8, 4) is 17.2 Å². The SMILES string of the molecule is Cc1c(NC(=O)C(C)OC(=O)c2ccc3c(c2)OCCO3)c(=O)n(-c2ccccc2)n1C. The molecule has 1 aliphatic rings. The lowest BCUT2D eigenvalue weighted by atomic mass is 10.2. The van der Waals surface area contributed by atoms with Crippen molar-refractivity contribution in [1.29, 1.82) is 0 Å². The second-order valence-electron chi connectivity index (χ2n) is 7.33. The van der Waals surface area contributed by atoms with E-state index in [9.17, 15) is 14.4 Å². The highest BCUT2D eigenvalue weighted by Gasteiger charge is 2.24. The van der Waals surface area contributed by atoms with Gasteiger partial charge in [-0.15, -0.1) is 0 Å². The van der Waals surface area contributed by atoms with Crippen molar-refractivity contribution in [3.63, 3.8) is 0 Å². The molecule has 0 fully saturated rings. The van der Waals surface area contributed by atoms with E-state index in [2.05, 4.69) is 5.32 Å². The van der Waals surface area contributed by atoms with Crippen LogP contribution in [0.5, 0.6) is 11.5 Å². The number of rotatable bonds is 5. The second-order valence-corrected chi connectivity index (χ2v) is 7.33. The molecule has 1 N–H and O–H groups in total. The molecule has 2 aromatic carbocycles. The van der Waals surface area contributed by atoms with E-state index in [0.29, 0.717) is 36.1 Å². The fraction of sp³-hybridized carbons (Fsp3) is 0.261. The average molecular weight is 437 g/mol. The number of esters is 1. The Morgan fingerprint density at radius 3 is 2.47 bits per heavy atom. The van der Waals surface area contributed by atoms with Gasteiger partial charge >= 0.3 is 5.97 Å². The maximum absolute atomic E-state index is 12.9. The number of hydrogen-bond donors (Lipinski definition) is 1. The number of fused-ring (bicyclic) bond motifs is 1. The van der Waals surface area contributed by atoms with Gasteiger partial charge in [0.15, 0.2) is 17.6 Å². The zero-order chi connectivity index (χ0) is 22.8. The summed E-state index contributed by atoms with van der Waals surface area (Å²) in [7, 11) is 1.73. The normalized spacial score (nSPS) is 13.3. The van der Waals surface area contributed by atoms with Gasteiger partial charge in [-0.1, -0.05) is 18.2 Å². The number of aromatic nitrogens is 2. The lowest BCUT2D eigenvalue weighted by molar-refractivity contribution is -0.123. The van der Waals surface area contributed by atoms with Crippen molar-refractivity contribution in [1.82, 2.24) is 9.36 Å². The molecule has 0 saturated heterocycles. The van der Waals surface area contributed by atoms with Gasteiger partial charge in [0, 0.05) is 7.05 Å². The van der Waals surface area contributed by atoms with Gasteiger partial charge in [-0.3, -0.25) is 14.3 Å². The van der Waals surface area contributed by atoms with Gasteiger partial charge in [0.05, 0.1) is 16.9 Å². The highest BCUT2D eigenvalue weighted by atomic mass is 16.6. The van der Waals surface area contributed by atoms with Gasteiger partial charge in [0.2, 0.25) is 0 Å². The predicted octanol–water partition coefficient (Wildman–Crippen LogP) is 2.44. The number of anilines is 1. The summed E-state index contributed by atoms with van der Waals surface area (Å²) < 4.78 is 19.3. The molecule has 1 aliphatic heterocycles. The number of carbonyl (C=O) groups excluding carboxylic acids is 2. The van der Waals surface area contributed by atoms with E-state index in [1.54, 1.807) is 42.9 Å². The molecule has 9 heteroatoms. The summed E-state index contributed by atoms with van der Waals surface area (Å²) in [5.41, 5.74) is 1.22. The molecule has 2 heterocycles. The highest BCUT2D eigenvalue weighted by Crippen LogP contribution is 2.31. The first-order valence-electron chi connectivity index (χ1n) is 10.1. The van der Waals surface area contributed by atoms with Crippen LogP contribution in [-0.2, 0) is 16.6 Å². The monoisotopic (exact) mass is 437 g/mol. The third-order valence-electron chi connectivity index (χ3n) is 5.23. The van der Waals surface area contributed by atoms with E-state index in [0.717, 1.165) is 0 Å². The number of nitrogens with zero attached hydrogens (tertiary/aromatic N) is 2. The summed E-state index contributed by atoms with van der Waals surface area (Å²) in [6.07, 6.45) is -1.13. The lowest BCUT2D eigenvalue weighted by Gasteiger charge is -2.19. The van der Waals surface area contributed by atoms with Crippen molar-refractivity contribution in [3.05, 3.63) is 70.1 Å². The largest absolute Gasteiger partial charge is 0.486 e. The van der Waals surface area contributed by atoms with Crippen molar-refractivity contribution >= 4 is 17.6 Å². The number of benzene rings is 2. The molecule has 0 radical (unpaired) electrons. The molecule has 1 aromatic heterocycles. The van der Waals surface area contributed by atoms with Crippen LogP contribution in [0.15, 0.2) is 53.3 Å². The molecule has 0 bridgehead atoms. The lowest BCUT2D eigenvalue weighted by Crippen LogP contribution is -2.32. The fourth-order valence-electron chi connectivity index (χ4n) is 3.39. The van der Waals surface area contributed by atoms with Crippen LogP contribution in [0.2, 0.25) is 0 Å². The Hall–Kier alpha value is -4.01. The third-order valence-corrected chi connectivity index (χ3v) is 5.23. The van der Waals surface area contributed by atoms with E-state index in [1.807, 2.05) is 18.2 Å². The van der Waals surface area contributed by atoms with Crippen LogP contribution >= 0.6 is 0 Å². The van der Waals surface area contributed by atoms with Crippen LogP contribution in [-0.4, -0.2) is 40.6 Å². The maximum Gasteiger partial charge on any atom is 0.339 e. The van der Waals surface area contributed by atoms with Crippen LogP contribution in [0.1, 0.15) is 23.0 Å². The van der Waals surface area contributed by atoms with E-state index in [1.165, 1.54) is 17.7 Å². The molecule has 1 atom stereocenters. The van der Waals surface area contributed by atoms with Crippen molar-refractivity contribution in [2.75, 3.05) is 18.5 Å². The summed E-state index contributed by atoms with van der Waals surface area (Å²) in [5.74, 6) is -0.296. The highest BCUT2D eigenvalue weighted by molar-refractivity contribution is 5.97. The number of hydrogen-bond acceptors (Lipinski definition) is 6. The van der Waals surface area contributed by atoms with Crippen LogP contribution in [0, 0.1) is 6.92 Å². The summed E-state index contributed by atoms with van der Waals surface area (Å²) >= 11 is 0. The Bertz CT molecular complexity index is 1230. The summed E-state index contributed by atoms with van der Waals surface area (Å²) in [4.78, 5) is 38.1. The van der Waals surface area contributed by atoms with Gasteiger partial charge < -0.3 is 19.5 Å². The van der Waals surface area contributed by atoms with Crippen LogP contribution in [0.3, 0.4) is 0 Å². The zero-order valence-electron chi connectivity index (χ0n) is 18.0. The molecule has 32 heavy (non-hydrogen) atoms. The first kappa shape index (κ1) is 21.2. The Labute approximate surface area is 184 Å². The zero-order valence-corrected chi connectivity index (χ0v) is 18.0. The first-order valence-corrected chi connectivity index (χ1v) is 10.1. The standard InChI is InChI=1S/C23H23N3O6/c1-14-20(22(28)26(25(14)3)17-7-5-4-6-8-17)24-21(27)15(2)32-23(29)16-9-10-18-19(13-16)31-12-11-30-18/h4-10,13,15H,11-12H2,1-3H3,(H,24,27). The molecule has 0 aliphatic carbocycles. The molecule has 9 nitrogen and oxygen atoms in total. The smallest absolute Gasteiger partial charge is 0.339 e. The van der Waals surface area contributed by atoms with Gasteiger partial charge in [-0.25, -0.2) is 9.48 Å². The Balaban J connectivity index is 1.49. The summed E-state index contributed by atoms with van der Waals surface area (Å²) in [5, 5.41) is 2.60. The second kappa shape index (κ2) is 8.62. The predicted molar refractivity (Wildman–Crippen MR) is 117 cm³/mol. The van der Waals surface area contributed by atoms with Gasteiger partial charge in [-0.05, 0) is 44.2 Å². The van der Waals surface area contributed by atoms with Crippen molar-refractivity contribution in [2.45, 2.75) is 20.0 Å². The van der Waals surface area contributed by atoms with E-state index < -0.39 is 18.0 Å². The number of amides is 1. The maximum atomic E-state index is 12.9. The molecule has 4 rings (SSSR count). The van der Waals surface area contributed by atoms with Crippen molar-refractivity contribution in [2.24, 2.45) is 7.05 Å². The van der Waals surface area contributed by atoms with Crippen LogP contribution in [0.4, 0.5) is 5.69 Å². The Morgan fingerprint density at radius 1 is 1.06 bits per heavy atom. The molecule has 3 aromatic rings. The minimum absolute atomic E-state index is 0.128. The van der Waals surface area contributed by atoms with Crippen molar-refractivity contribution < 1.29 is 23.8 Å². The quantitative estimate of drug-likeness (QED) is 0.616.